The van der Waals surface area contributed by atoms with Crippen LogP contribution in [0, 0.1) is 0 Å². The van der Waals surface area contributed by atoms with Crippen LogP contribution in [0.5, 0.6) is 0 Å². The van der Waals surface area contributed by atoms with Gasteiger partial charge in [-0.1, -0.05) is 36.4 Å². The molecule has 34 heavy (non-hydrogen) atoms. The van der Waals surface area contributed by atoms with Gasteiger partial charge in [0.2, 0.25) is 0 Å². The van der Waals surface area contributed by atoms with Crippen molar-refractivity contribution in [1.29, 1.82) is 0 Å². The van der Waals surface area contributed by atoms with Crippen LogP contribution in [0.4, 0.5) is 0 Å². The van der Waals surface area contributed by atoms with Crippen LogP contribution in [0.15, 0.2) is 43.0 Å². The molecule has 0 radical (unpaired) electrons. The molecular formula is C27H40O7. The largest absolute Gasteiger partial charge is 0.464 e. The summed E-state index contributed by atoms with van der Waals surface area (Å²) >= 11 is 0. The molecule has 2 saturated heterocycles. The van der Waals surface area contributed by atoms with E-state index in [2.05, 4.69) is 6.58 Å². The summed E-state index contributed by atoms with van der Waals surface area (Å²) in [5.74, 6) is -1.16. The zero-order chi connectivity index (χ0) is 24.6. The van der Waals surface area contributed by atoms with Crippen molar-refractivity contribution in [3.05, 3.63) is 48.6 Å². The van der Waals surface area contributed by atoms with Crippen LogP contribution in [0.3, 0.4) is 0 Å². The summed E-state index contributed by atoms with van der Waals surface area (Å²) in [7, 11) is 0. The van der Waals surface area contributed by atoms with Gasteiger partial charge in [-0.3, -0.25) is 0 Å². The SMILES string of the molecule is C=CCC[C@@H]1OC(C)(C)O[C@H]1CC[C@H](OCc1ccccc1)[C@@H]1CC[C@@H](O)[C@@H](C(=O)OCC)O1. The van der Waals surface area contributed by atoms with Crippen molar-refractivity contribution in [1.82, 2.24) is 0 Å². The second kappa shape index (κ2) is 12.8. The van der Waals surface area contributed by atoms with Crippen molar-refractivity contribution in [2.45, 2.75) is 108 Å². The number of carbonyl (C=O) groups is 1. The third-order valence-corrected chi connectivity index (χ3v) is 6.33. The van der Waals surface area contributed by atoms with Gasteiger partial charge in [0.1, 0.15) is 0 Å². The Kier molecular flexibility index (Phi) is 10.1. The topological polar surface area (TPSA) is 83.5 Å². The van der Waals surface area contributed by atoms with E-state index in [4.69, 9.17) is 23.7 Å². The Morgan fingerprint density at radius 2 is 1.91 bits per heavy atom. The van der Waals surface area contributed by atoms with Gasteiger partial charge in [0, 0.05) is 0 Å². The summed E-state index contributed by atoms with van der Waals surface area (Å²) in [4.78, 5) is 12.3. The van der Waals surface area contributed by atoms with E-state index in [0.717, 1.165) is 24.8 Å². The summed E-state index contributed by atoms with van der Waals surface area (Å²) in [6, 6.07) is 9.97. The molecular weight excluding hydrogens is 436 g/mol. The van der Waals surface area contributed by atoms with E-state index in [1.807, 2.05) is 50.3 Å². The van der Waals surface area contributed by atoms with Crippen LogP contribution < -0.4 is 0 Å². The van der Waals surface area contributed by atoms with Gasteiger partial charge in [-0.2, -0.15) is 0 Å². The summed E-state index contributed by atoms with van der Waals surface area (Å²) in [5, 5.41) is 10.3. The lowest BCUT2D eigenvalue weighted by atomic mass is 9.93. The minimum Gasteiger partial charge on any atom is -0.464 e. The summed E-state index contributed by atoms with van der Waals surface area (Å²) in [5.41, 5.74) is 1.07. The van der Waals surface area contributed by atoms with E-state index in [-0.39, 0.29) is 31.0 Å². The molecule has 0 amide bonds. The van der Waals surface area contributed by atoms with E-state index < -0.39 is 24.0 Å². The van der Waals surface area contributed by atoms with Gasteiger partial charge in [0.05, 0.1) is 43.7 Å². The number of aliphatic hydroxyl groups excluding tert-OH is 1. The first-order valence-electron chi connectivity index (χ1n) is 12.4. The summed E-state index contributed by atoms with van der Waals surface area (Å²) in [6.45, 7) is 10.1. The molecule has 2 heterocycles. The van der Waals surface area contributed by atoms with Crippen molar-refractivity contribution in [3.8, 4) is 0 Å². The van der Waals surface area contributed by atoms with Crippen molar-refractivity contribution >= 4 is 5.97 Å². The minimum atomic E-state index is -0.994. The van der Waals surface area contributed by atoms with Crippen molar-refractivity contribution < 1.29 is 33.6 Å². The molecule has 2 aliphatic rings. The number of ether oxygens (including phenoxy) is 5. The van der Waals surface area contributed by atoms with Crippen molar-refractivity contribution in [3.63, 3.8) is 0 Å². The van der Waals surface area contributed by atoms with Gasteiger partial charge in [0.25, 0.3) is 0 Å². The third-order valence-electron chi connectivity index (χ3n) is 6.33. The Hall–Kier alpha value is -1.77. The predicted molar refractivity (Wildman–Crippen MR) is 128 cm³/mol. The highest BCUT2D eigenvalue weighted by Crippen LogP contribution is 2.35. The highest BCUT2D eigenvalue weighted by atomic mass is 16.7. The molecule has 0 aliphatic carbocycles. The molecule has 7 heteroatoms. The molecule has 0 bridgehead atoms. The molecule has 6 atom stereocenters. The molecule has 2 aliphatic heterocycles. The monoisotopic (exact) mass is 476 g/mol. The molecule has 0 spiro atoms. The number of esters is 1. The molecule has 1 aromatic rings. The second-order valence-electron chi connectivity index (χ2n) is 9.48. The quantitative estimate of drug-likeness (QED) is 0.355. The van der Waals surface area contributed by atoms with Gasteiger partial charge < -0.3 is 28.8 Å². The molecule has 7 nitrogen and oxygen atoms in total. The maximum absolute atomic E-state index is 12.3. The molecule has 1 N–H and O–H groups in total. The van der Waals surface area contributed by atoms with Crippen LogP contribution in [-0.2, 0) is 35.1 Å². The Labute approximate surface area is 203 Å². The Morgan fingerprint density at radius 1 is 1.21 bits per heavy atom. The first-order valence-corrected chi connectivity index (χ1v) is 12.4. The fourth-order valence-electron chi connectivity index (χ4n) is 4.71. The van der Waals surface area contributed by atoms with Gasteiger partial charge in [-0.25, -0.2) is 4.79 Å². The maximum atomic E-state index is 12.3. The summed E-state index contributed by atoms with van der Waals surface area (Å²) in [6.07, 6.45) is 3.54. The van der Waals surface area contributed by atoms with E-state index in [1.165, 1.54) is 0 Å². The van der Waals surface area contributed by atoms with Crippen LogP contribution in [0.25, 0.3) is 0 Å². The minimum absolute atomic E-state index is 0.0100. The highest BCUT2D eigenvalue weighted by molar-refractivity contribution is 5.75. The Bertz CT molecular complexity index is 766. The molecule has 190 valence electrons. The molecule has 1 aromatic carbocycles. The van der Waals surface area contributed by atoms with E-state index in [0.29, 0.717) is 25.9 Å². The lowest BCUT2D eigenvalue weighted by Crippen LogP contribution is -2.49. The van der Waals surface area contributed by atoms with E-state index in [1.54, 1.807) is 6.92 Å². The van der Waals surface area contributed by atoms with E-state index >= 15 is 0 Å². The van der Waals surface area contributed by atoms with Gasteiger partial charge >= 0.3 is 5.97 Å². The summed E-state index contributed by atoms with van der Waals surface area (Å²) < 4.78 is 29.9. The van der Waals surface area contributed by atoms with Crippen molar-refractivity contribution in [2.24, 2.45) is 0 Å². The number of rotatable bonds is 12. The fourth-order valence-corrected chi connectivity index (χ4v) is 4.71. The number of carbonyl (C=O) groups excluding carboxylic acids is 1. The zero-order valence-corrected chi connectivity index (χ0v) is 20.7. The van der Waals surface area contributed by atoms with Crippen LogP contribution in [-0.4, -0.2) is 60.1 Å². The number of allylic oxidation sites excluding steroid dienone is 1. The smallest absolute Gasteiger partial charge is 0.337 e. The lowest BCUT2D eigenvalue weighted by Gasteiger charge is -2.37. The normalized spacial score (nSPS) is 29.5. The molecule has 2 fully saturated rings. The average molecular weight is 477 g/mol. The second-order valence-corrected chi connectivity index (χ2v) is 9.48. The molecule has 0 unspecified atom stereocenters. The van der Waals surface area contributed by atoms with E-state index in [9.17, 15) is 9.90 Å². The number of hydrogen-bond acceptors (Lipinski definition) is 7. The zero-order valence-electron chi connectivity index (χ0n) is 20.7. The van der Waals surface area contributed by atoms with Gasteiger partial charge in [0.15, 0.2) is 11.9 Å². The van der Waals surface area contributed by atoms with Crippen LogP contribution >= 0.6 is 0 Å². The predicted octanol–water partition coefficient (Wildman–Crippen LogP) is 4.31. The lowest BCUT2D eigenvalue weighted by molar-refractivity contribution is -0.196. The van der Waals surface area contributed by atoms with Crippen LogP contribution in [0.1, 0.15) is 64.9 Å². The number of benzene rings is 1. The maximum Gasteiger partial charge on any atom is 0.337 e. The number of aliphatic hydroxyl groups is 1. The molecule has 0 saturated carbocycles. The Balaban J connectivity index is 1.68. The highest BCUT2D eigenvalue weighted by Gasteiger charge is 2.43. The van der Waals surface area contributed by atoms with Crippen molar-refractivity contribution in [2.75, 3.05) is 6.61 Å². The first-order chi connectivity index (χ1) is 16.3. The fraction of sp³-hybridized carbons (Fsp3) is 0.667. The number of hydrogen-bond donors (Lipinski definition) is 1. The Morgan fingerprint density at radius 3 is 2.59 bits per heavy atom. The third kappa shape index (κ3) is 7.62. The average Bonchev–Trinajstić information content (AvgIpc) is 3.12. The van der Waals surface area contributed by atoms with Crippen LogP contribution in [0.2, 0.25) is 0 Å². The standard InChI is InChI=1S/C27H40O7/c1-5-7-13-23-24(34-27(3,4)33-23)17-16-21(31-18-19-11-9-8-10-12-19)22-15-14-20(28)25(32-22)26(29)30-6-2/h5,8-12,20-25,28H,1,6-7,13-18H2,2-4H3/t20-,21+,22+,23+,24+,25+/m1/s1. The van der Waals surface area contributed by atoms with Gasteiger partial charge in [-0.15, -0.1) is 6.58 Å². The molecule has 0 aromatic heterocycles. The molecule has 3 rings (SSSR count). The first kappa shape index (κ1) is 26.8. The van der Waals surface area contributed by atoms with Gasteiger partial charge in [-0.05, 0) is 64.9 Å².